The van der Waals surface area contributed by atoms with E-state index in [1.54, 1.807) is 13.0 Å². The number of amides is 1. The summed E-state index contributed by atoms with van der Waals surface area (Å²) in [7, 11) is 3.92. The molecule has 0 bridgehead atoms. The number of carbonyl (C=O) groups is 1. The van der Waals surface area contributed by atoms with Gasteiger partial charge in [0.25, 0.3) is 11.6 Å². The van der Waals surface area contributed by atoms with Crippen LogP contribution < -0.4 is 10.2 Å². The lowest BCUT2D eigenvalue weighted by molar-refractivity contribution is -0.385. The number of nitrogens with one attached hydrogen (secondary N) is 1. The molecule has 0 heterocycles. The lowest BCUT2D eigenvalue weighted by Crippen LogP contribution is -2.23. The molecule has 0 aromatic heterocycles. The fraction of sp³-hybridized carbons (Fsp3) is 0.235. The smallest absolute Gasteiger partial charge is 0.273 e. The number of anilines is 1. The molecule has 0 atom stereocenters. The quantitative estimate of drug-likeness (QED) is 0.680. The monoisotopic (exact) mass is 313 g/mol. The van der Waals surface area contributed by atoms with Gasteiger partial charge in [0.1, 0.15) is 0 Å². The van der Waals surface area contributed by atoms with E-state index in [-0.39, 0.29) is 11.6 Å². The van der Waals surface area contributed by atoms with E-state index >= 15 is 0 Å². The lowest BCUT2D eigenvalue weighted by Gasteiger charge is -2.13. The Hall–Kier alpha value is -2.89. The molecular weight excluding hydrogens is 294 g/mol. The Morgan fingerprint density at radius 2 is 1.83 bits per heavy atom. The van der Waals surface area contributed by atoms with Crippen molar-refractivity contribution in [3.05, 3.63) is 69.3 Å². The second-order valence-electron chi connectivity index (χ2n) is 5.45. The van der Waals surface area contributed by atoms with Crippen molar-refractivity contribution in [2.75, 3.05) is 19.0 Å². The molecule has 0 spiro atoms. The highest BCUT2D eigenvalue weighted by atomic mass is 16.6. The second-order valence-corrected chi connectivity index (χ2v) is 5.45. The Kier molecular flexibility index (Phi) is 4.95. The van der Waals surface area contributed by atoms with Crippen LogP contribution in [0.4, 0.5) is 11.4 Å². The van der Waals surface area contributed by atoms with Gasteiger partial charge in [0.2, 0.25) is 0 Å². The van der Waals surface area contributed by atoms with Gasteiger partial charge >= 0.3 is 0 Å². The van der Waals surface area contributed by atoms with Gasteiger partial charge in [0.05, 0.1) is 4.92 Å². The van der Waals surface area contributed by atoms with E-state index in [0.29, 0.717) is 17.7 Å². The van der Waals surface area contributed by atoms with Crippen molar-refractivity contribution in [3.8, 4) is 0 Å². The summed E-state index contributed by atoms with van der Waals surface area (Å²) in [5.74, 6) is -0.317. The van der Waals surface area contributed by atoms with E-state index in [2.05, 4.69) is 5.32 Å². The van der Waals surface area contributed by atoms with E-state index in [4.69, 9.17) is 0 Å². The van der Waals surface area contributed by atoms with Crippen LogP contribution in [-0.2, 0) is 6.54 Å². The first-order chi connectivity index (χ1) is 10.9. The Balaban J connectivity index is 2.08. The molecule has 1 N–H and O–H groups in total. The van der Waals surface area contributed by atoms with Gasteiger partial charge in [-0.05, 0) is 30.7 Å². The van der Waals surface area contributed by atoms with E-state index in [0.717, 1.165) is 11.3 Å². The van der Waals surface area contributed by atoms with Crippen LogP contribution >= 0.6 is 0 Å². The van der Waals surface area contributed by atoms with Gasteiger partial charge in [-0.1, -0.05) is 18.2 Å². The van der Waals surface area contributed by atoms with Gasteiger partial charge in [-0.2, -0.15) is 0 Å². The van der Waals surface area contributed by atoms with E-state index < -0.39 is 4.92 Å². The predicted molar refractivity (Wildman–Crippen MR) is 89.8 cm³/mol. The molecule has 23 heavy (non-hydrogen) atoms. The molecule has 0 radical (unpaired) electrons. The van der Waals surface area contributed by atoms with E-state index in [9.17, 15) is 14.9 Å². The van der Waals surface area contributed by atoms with Crippen molar-refractivity contribution >= 4 is 17.3 Å². The summed E-state index contributed by atoms with van der Waals surface area (Å²) < 4.78 is 0. The molecule has 0 unspecified atom stereocenters. The van der Waals surface area contributed by atoms with Crippen molar-refractivity contribution < 1.29 is 9.72 Å². The minimum atomic E-state index is -0.480. The van der Waals surface area contributed by atoms with Gasteiger partial charge in [-0.25, -0.2) is 0 Å². The summed E-state index contributed by atoms with van der Waals surface area (Å²) in [5, 5.41) is 13.7. The topological polar surface area (TPSA) is 75.5 Å². The Labute approximate surface area is 134 Å². The van der Waals surface area contributed by atoms with Gasteiger partial charge in [0, 0.05) is 43.5 Å². The molecule has 6 nitrogen and oxygen atoms in total. The molecule has 6 heteroatoms. The average molecular weight is 313 g/mol. The molecule has 0 saturated heterocycles. The molecular formula is C17H19N3O3. The highest BCUT2D eigenvalue weighted by Gasteiger charge is 2.17. The molecule has 2 aromatic carbocycles. The minimum Gasteiger partial charge on any atom is -0.378 e. The maximum Gasteiger partial charge on any atom is 0.273 e. The molecule has 120 valence electrons. The third kappa shape index (κ3) is 3.85. The third-order valence-corrected chi connectivity index (χ3v) is 3.65. The summed E-state index contributed by atoms with van der Waals surface area (Å²) in [5.41, 5.74) is 2.69. The standard InChI is InChI=1S/C17H19N3O3/c1-12-15(5-4-6-16(12)20(22)23)17(21)18-11-13-7-9-14(10-8-13)19(2)3/h4-10H,11H2,1-3H3,(H,18,21). The fourth-order valence-electron chi connectivity index (χ4n) is 2.26. The molecule has 0 saturated carbocycles. The Morgan fingerprint density at radius 1 is 1.17 bits per heavy atom. The van der Waals surface area contributed by atoms with Crippen molar-refractivity contribution in [1.82, 2.24) is 5.32 Å². The average Bonchev–Trinajstić information content (AvgIpc) is 2.53. The Morgan fingerprint density at radius 3 is 2.39 bits per heavy atom. The van der Waals surface area contributed by atoms with Crippen LogP contribution in [0.1, 0.15) is 21.5 Å². The van der Waals surface area contributed by atoms with E-state index in [1.807, 2.05) is 43.3 Å². The van der Waals surface area contributed by atoms with Crippen LogP contribution in [-0.4, -0.2) is 24.9 Å². The molecule has 0 aliphatic rings. The lowest BCUT2D eigenvalue weighted by atomic mass is 10.1. The molecule has 2 rings (SSSR count). The Bertz CT molecular complexity index is 724. The highest BCUT2D eigenvalue weighted by molar-refractivity contribution is 5.96. The maximum atomic E-state index is 12.2. The molecule has 0 fully saturated rings. The van der Waals surface area contributed by atoms with Gasteiger partial charge in [-0.3, -0.25) is 14.9 Å². The van der Waals surface area contributed by atoms with Crippen molar-refractivity contribution in [2.24, 2.45) is 0 Å². The number of rotatable bonds is 5. The summed E-state index contributed by atoms with van der Waals surface area (Å²) >= 11 is 0. The van der Waals surface area contributed by atoms with Crippen LogP contribution in [0.25, 0.3) is 0 Å². The molecule has 0 aliphatic carbocycles. The van der Waals surface area contributed by atoms with E-state index in [1.165, 1.54) is 12.1 Å². The number of nitro groups is 1. The largest absolute Gasteiger partial charge is 0.378 e. The number of nitrogens with zero attached hydrogens (tertiary/aromatic N) is 2. The van der Waals surface area contributed by atoms with Crippen LogP contribution in [0.2, 0.25) is 0 Å². The third-order valence-electron chi connectivity index (χ3n) is 3.65. The number of hydrogen-bond donors (Lipinski definition) is 1. The molecule has 2 aromatic rings. The second kappa shape index (κ2) is 6.91. The molecule has 1 amide bonds. The number of carbonyl (C=O) groups excluding carboxylic acids is 1. The van der Waals surface area contributed by atoms with Crippen LogP contribution in [0.3, 0.4) is 0 Å². The number of benzene rings is 2. The van der Waals surface area contributed by atoms with Crippen molar-refractivity contribution in [3.63, 3.8) is 0 Å². The van der Waals surface area contributed by atoms with Gasteiger partial charge in [-0.15, -0.1) is 0 Å². The van der Waals surface area contributed by atoms with Crippen LogP contribution in [0.15, 0.2) is 42.5 Å². The predicted octanol–water partition coefficient (Wildman–Crippen LogP) is 2.90. The maximum absolute atomic E-state index is 12.2. The minimum absolute atomic E-state index is 0.0482. The normalized spacial score (nSPS) is 10.2. The fourth-order valence-corrected chi connectivity index (χ4v) is 2.26. The van der Waals surface area contributed by atoms with Crippen molar-refractivity contribution in [1.29, 1.82) is 0 Å². The SMILES string of the molecule is Cc1c(C(=O)NCc2ccc(N(C)C)cc2)cccc1[N+](=O)[O-]. The zero-order valence-electron chi connectivity index (χ0n) is 13.4. The first-order valence-corrected chi connectivity index (χ1v) is 7.18. The first kappa shape index (κ1) is 16.5. The first-order valence-electron chi connectivity index (χ1n) is 7.18. The van der Waals surface area contributed by atoms with Crippen molar-refractivity contribution in [2.45, 2.75) is 13.5 Å². The van der Waals surface area contributed by atoms with Gasteiger partial charge < -0.3 is 10.2 Å². The number of nitro benzene ring substituents is 1. The summed E-state index contributed by atoms with van der Waals surface area (Å²) in [6, 6.07) is 12.3. The van der Waals surface area contributed by atoms with Crippen LogP contribution in [0, 0.1) is 17.0 Å². The van der Waals surface area contributed by atoms with Crippen LogP contribution in [0.5, 0.6) is 0 Å². The summed E-state index contributed by atoms with van der Waals surface area (Å²) in [6.07, 6.45) is 0. The summed E-state index contributed by atoms with van der Waals surface area (Å²) in [4.78, 5) is 24.7. The van der Waals surface area contributed by atoms with Gasteiger partial charge in [0.15, 0.2) is 0 Å². The highest BCUT2D eigenvalue weighted by Crippen LogP contribution is 2.21. The zero-order chi connectivity index (χ0) is 17.0. The zero-order valence-corrected chi connectivity index (χ0v) is 13.4. The molecule has 0 aliphatic heterocycles. The number of hydrogen-bond acceptors (Lipinski definition) is 4. The summed E-state index contributed by atoms with van der Waals surface area (Å²) in [6.45, 7) is 1.95.